The highest BCUT2D eigenvalue weighted by molar-refractivity contribution is 7.16. The zero-order chi connectivity index (χ0) is 17.4. The van der Waals surface area contributed by atoms with Crippen molar-refractivity contribution in [2.75, 3.05) is 6.54 Å². The SMILES string of the molecule is CCN1Cc2ccccc2CC1C(=O)NCc1cn2nc(C)sc2n1. The Hall–Kier alpha value is -2.25. The van der Waals surface area contributed by atoms with Gasteiger partial charge in [0.05, 0.1) is 24.5 Å². The number of hydrogen-bond acceptors (Lipinski definition) is 5. The van der Waals surface area contributed by atoms with E-state index in [0.29, 0.717) is 6.54 Å². The van der Waals surface area contributed by atoms with Crippen LogP contribution in [0.15, 0.2) is 30.5 Å². The van der Waals surface area contributed by atoms with E-state index in [0.717, 1.165) is 35.2 Å². The molecule has 0 fully saturated rings. The Morgan fingerprint density at radius 3 is 2.92 bits per heavy atom. The molecule has 0 aliphatic carbocycles. The van der Waals surface area contributed by atoms with E-state index in [2.05, 4.69) is 45.4 Å². The fraction of sp³-hybridized carbons (Fsp3) is 0.389. The molecule has 3 heterocycles. The molecular formula is C18H21N5OS. The van der Waals surface area contributed by atoms with Crippen LogP contribution in [0.3, 0.4) is 0 Å². The second-order valence-electron chi connectivity index (χ2n) is 6.35. The van der Waals surface area contributed by atoms with E-state index in [4.69, 9.17) is 0 Å². The first kappa shape index (κ1) is 16.2. The zero-order valence-electron chi connectivity index (χ0n) is 14.4. The first-order valence-corrected chi connectivity index (χ1v) is 9.36. The summed E-state index contributed by atoms with van der Waals surface area (Å²) in [5.74, 6) is 0.0665. The second kappa shape index (κ2) is 6.57. The third kappa shape index (κ3) is 3.17. The number of carbonyl (C=O) groups excluding carboxylic acids is 1. The van der Waals surface area contributed by atoms with Crippen molar-refractivity contribution in [3.8, 4) is 0 Å². The van der Waals surface area contributed by atoms with Gasteiger partial charge in [0, 0.05) is 6.54 Å². The summed E-state index contributed by atoms with van der Waals surface area (Å²) in [6, 6.07) is 8.26. The predicted octanol–water partition coefficient (Wildman–Crippen LogP) is 2.16. The number of amides is 1. The van der Waals surface area contributed by atoms with Gasteiger partial charge in [-0.1, -0.05) is 42.5 Å². The van der Waals surface area contributed by atoms with Crippen LogP contribution < -0.4 is 5.32 Å². The molecule has 6 nitrogen and oxygen atoms in total. The Bertz CT molecular complexity index is 884. The molecule has 1 aliphatic heterocycles. The topological polar surface area (TPSA) is 62.5 Å². The van der Waals surface area contributed by atoms with Gasteiger partial charge in [-0.15, -0.1) is 0 Å². The Labute approximate surface area is 150 Å². The van der Waals surface area contributed by atoms with Crippen molar-refractivity contribution < 1.29 is 4.79 Å². The second-order valence-corrected chi connectivity index (χ2v) is 7.51. The summed E-state index contributed by atoms with van der Waals surface area (Å²) in [6.45, 7) is 6.18. The van der Waals surface area contributed by atoms with E-state index >= 15 is 0 Å². The highest BCUT2D eigenvalue weighted by Gasteiger charge is 2.30. The molecule has 7 heteroatoms. The van der Waals surface area contributed by atoms with Gasteiger partial charge in [0.25, 0.3) is 0 Å². The van der Waals surface area contributed by atoms with Crippen molar-refractivity contribution in [3.63, 3.8) is 0 Å². The average Bonchev–Trinajstić information content (AvgIpc) is 3.15. The molecular weight excluding hydrogens is 334 g/mol. The standard InChI is InChI=1S/C18H21N5OS/c1-3-22-10-14-7-5-4-6-13(14)8-16(22)17(24)19-9-15-11-23-18(20-15)25-12(2)21-23/h4-7,11,16H,3,8-10H2,1-2H3,(H,19,24). The normalized spacial score (nSPS) is 17.6. The lowest BCUT2D eigenvalue weighted by atomic mass is 9.93. The molecule has 0 saturated heterocycles. The molecule has 4 rings (SSSR count). The number of nitrogens with one attached hydrogen (secondary N) is 1. The van der Waals surface area contributed by atoms with Gasteiger partial charge in [0.2, 0.25) is 10.9 Å². The molecule has 25 heavy (non-hydrogen) atoms. The number of carbonyl (C=O) groups is 1. The van der Waals surface area contributed by atoms with Crippen LogP contribution in [0.2, 0.25) is 0 Å². The number of benzene rings is 1. The fourth-order valence-electron chi connectivity index (χ4n) is 3.39. The van der Waals surface area contributed by atoms with Gasteiger partial charge in [-0.05, 0) is 31.0 Å². The van der Waals surface area contributed by atoms with Crippen LogP contribution >= 0.6 is 11.3 Å². The number of nitrogens with zero attached hydrogens (tertiary/aromatic N) is 4. The van der Waals surface area contributed by atoms with Crippen LogP contribution in [0.5, 0.6) is 0 Å². The first-order valence-electron chi connectivity index (χ1n) is 8.54. The molecule has 1 N–H and O–H groups in total. The van der Waals surface area contributed by atoms with E-state index in [9.17, 15) is 4.79 Å². The average molecular weight is 355 g/mol. The molecule has 1 aliphatic rings. The Kier molecular flexibility index (Phi) is 4.27. The summed E-state index contributed by atoms with van der Waals surface area (Å²) < 4.78 is 1.77. The zero-order valence-corrected chi connectivity index (χ0v) is 15.2. The largest absolute Gasteiger partial charge is 0.349 e. The van der Waals surface area contributed by atoms with Gasteiger partial charge in [-0.2, -0.15) is 5.10 Å². The summed E-state index contributed by atoms with van der Waals surface area (Å²) in [7, 11) is 0. The number of likely N-dealkylation sites (N-methyl/N-ethyl adjacent to an activating group) is 1. The van der Waals surface area contributed by atoms with Crippen molar-refractivity contribution in [1.29, 1.82) is 0 Å². The summed E-state index contributed by atoms with van der Waals surface area (Å²) >= 11 is 1.55. The Morgan fingerprint density at radius 1 is 1.36 bits per heavy atom. The van der Waals surface area contributed by atoms with Crippen molar-refractivity contribution in [2.24, 2.45) is 0 Å². The summed E-state index contributed by atoms with van der Waals surface area (Å²) in [6.07, 6.45) is 2.64. The highest BCUT2D eigenvalue weighted by Crippen LogP contribution is 2.23. The maximum Gasteiger partial charge on any atom is 0.238 e. The predicted molar refractivity (Wildman–Crippen MR) is 97.5 cm³/mol. The van der Waals surface area contributed by atoms with Gasteiger partial charge >= 0.3 is 0 Å². The van der Waals surface area contributed by atoms with Crippen molar-refractivity contribution in [2.45, 2.75) is 39.4 Å². The van der Waals surface area contributed by atoms with Gasteiger partial charge in [0.15, 0.2) is 0 Å². The maximum atomic E-state index is 12.8. The van der Waals surface area contributed by atoms with Gasteiger partial charge in [-0.25, -0.2) is 9.50 Å². The minimum absolute atomic E-state index is 0.0665. The Balaban J connectivity index is 1.45. The molecule has 1 aromatic carbocycles. The molecule has 0 bridgehead atoms. The lowest BCUT2D eigenvalue weighted by molar-refractivity contribution is -0.127. The van der Waals surface area contributed by atoms with E-state index < -0.39 is 0 Å². The minimum Gasteiger partial charge on any atom is -0.349 e. The van der Waals surface area contributed by atoms with Crippen LogP contribution in [0.1, 0.15) is 28.8 Å². The smallest absolute Gasteiger partial charge is 0.238 e. The minimum atomic E-state index is -0.121. The molecule has 1 atom stereocenters. The first-order chi connectivity index (χ1) is 12.1. The number of hydrogen-bond donors (Lipinski definition) is 1. The van der Waals surface area contributed by atoms with E-state index in [-0.39, 0.29) is 11.9 Å². The van der Waals surface area contributed by atoms with Crippen molar-refractivity contribution in [3.05, 3.63) is 52.3 Å². The molecule has 0 spiro atoms. The molecule has 1 amide bonds. The number of aryl methyl sites for hydroxylation is 1. The van der Waals surface area contributed by atoms with Crippen LogP contribution in [0.25, 0.3) is 4.96 Å². The molecule has 3 aromatic rings. The molecule has 0 radical (unpaired) electrons. The van der Waals surface area contributed by atoms with Gasteiger partial charge in [0.1, 0.15) is 5.01 Å². The summed E-state index contributed by atoms with van der Waals surface area (Å²) in [5.41, 5.74) is 3.44. The van der Waals surface area contributed by atoms with Crippen LogP contribution in [-0.2, 0) is 24.3 Å². The summed E-state index contributed by atoms with van der Waals surface area (Å²) in [5, 5.41) is 8.39. The van der Waals surface area contributed by atoms with E-state index in [1.165, 1.54) is 11.1 Å². The third-order valence-corrected chi connectivity index (χ3v) is 5.53. The van der Waals surface area contributed by atoms with Gasteiger partial charge in [-0.3, -0.25) is 9.69 Å². The van der Waals surface area contributed by atoms with Gasteiger partial charge < -0.3 is 5.32 Å². The summed E-state index contributed by atoms with van der Waals surface area (Å²) in [4.78, 5) is 20.4. The van der Waals surface area contributed by atoms with E-state index in [1.807, 2.05) is 19.2 Å². The monoisotopic (exact) mass is 355 g/mol. The quantitative estimate of drug-likeness (QED) is 0.779. The van der Waals surface area contributed by atoms with Crippen molar-refractivity contribution in [1.82, 2.24) is 24.8 Å². The van der Waals surface area contributed by atoms with Crippen LogP contribution in [-0.4, -0.2) is 38.0 Å². The number of aromatic nitrogens is 3. The molecule has 2 aromatic heterocycles. The highest BCUT2D eigenvalue weighted by atomic mass is 32.1. The number of rotatable bonds is 4. The lowest BCUT2D eigenvalue weighted by Gasteiger charge is -2.35. The van der Waals surface area contributed by atoms with Crippen LogP contribution in [0.4, 0.5) is 0 Å². The van der Waals surface area contributed by atoms with Crippen molar-refractivity contribution >= 4 is 22.2 Å². The molecule has 130 valence electrons. The Morgan fingerprint density at radius 2 is 2.16 bits per heavy atom. The fourth-order valence-corrected chi connectivity index (χ4v) is 4.14. The lowest BCUT2D eigenvalue weighted by Crippen LogP contribution is -2.49. The molecule has 0 saturated carbocycles. The third-order valence-electron chi connectivity index (χ3n) is 4.69. The van der Waals surface area contributed by atoms with Crippen LogP contribution in [0, 0.1) is 6.92 Å². The number of imidazole rings is 1. The van der Waals surface area contributed by atoms with E-state index in [1.54, 1.807) is 15.9 Å². The number of fused-ring (bicyclic) bond motifs is 2. The molecule has 1 unspecified atom stereocenters. The maximum absolute atomic E-state index is 12.8.